The lowest BCUT2D eigenvalue weighted by Gasteiger charge is -2.52. The summed E-state index contributed by atoms with van der Waals surface area (Å²) in [6.45, 7) is 4.59. The lowest BCUT2D eigenvalue weighted by atomic mass is 9.71. The Labute approximate surface area is 219 Å². The second kappa shape index (κ2) is 10.4. The zero-order valence-electron chi connectivity index (χ0n) is 21.2. The Morgan fingerprint density at radius 3 is 2.33 bits per heavy atom. The van der Waals surface area contributed by atoms with Crippen LogP contribution in [0.5, 0.6) is 0 Å². The lowest BCUT2D eigenvalue weighted by Crippen LogP contribution is -2.61. The molecule has 2 aromatic carbocycles. The minimum Gasteiger partial charge on any atom is -0.378 e. The molecule has 2 atom stereocenters. The Hall–Kier alpha value is -2.08. The Kier molecular flexibility index (Phi) is 6.98. The van der Waals surface area contributed by atoms with Gasteiger partial charge in [-0.15, -0.1) is 11.8 Å². The molecule has 4 nitrogen and oxygen atoms in total. The third-order valence-electron chi connectivity index (χ3n) is 9.29. The second-order valence-electron chi connectivity index (χ2n) is 11.5. The fourth-order valence-corrected chi connectivity index (χ4v) is 8.40. The van der Waals surface area contributed by atoms with Gasteiger partial charge in [-0.25, -0.2) is 0 Å². The number of rotatable bonds is 8. The number of quaternary nitrogens is 1. The van der Waals surface area contributed by atoms with Gasteiger partial charge in [0, 0.05) is 35.5 Å². The molecule has 0 spiro atoms. The summed E-state index contributed by atoms with van der Waals surface area (Å²) in [4.78, 5) is 1.38. The molecular formula is C31H39N2O2S+. The van der Waals surface area contributed by atoms with Crippen LogP contribution in [0.25, 0.3) is 0 Å². The van der Waals surface area contributed by atoms with Crippen LogP contribution in [0.2, 0.25) is 0 Å². The number of piperidine rings is 3. The van der Waals surface area contributed by atoms with Crippen molar-refractivity contribution in [2.24, 2.45) is 17.8 Å². The molecule has 1 aromatic heterocycles. The number of hydrogen-bond acceptors (Lipinski definition) is 4. The molecule has 36 heavy (non-hydrogen) atoms. The largest absolute Gasteiger partial charge is 0.378 e. The standard InChI is InChI=1S/C31H39N2O2S/c34-31(26-10-4-1-5-11-26,27-12-6-2-7-13-27)30-20-28(35-32-30)22-33-18-16-24(17-19-33)25(21-33)23-36-29-14-8-3-9-15-29/h1,3-5,8-11,14-15,20,24-25,27,34H,2,6-7,12-13,16-19,21-23H2/q+1/t24?,25?,31-,33?/m1/s1. The number of nitrogens with zero attached hydrogens (tertiary/aromatic N) is 2. The molecule has 4 aliphatic rings. The van der Waals surface area contributed by atoms with E-state index in [0.29, 0.717) is 5.69 Å². The molecule has 7 rings (SSSR count). The van der Waals surface area contributed by atoms with Crippen LogP contribution in [0.1, 0.15) is 62.0 Å². The molecule has 190 valence electrons. The van der Waals surface area contributed by atoms with Crippen molar-refractivity contribution in [3.63, 3.8) is 0 Å². The van der Waals surface area contributed by atoms with Crippen molar-refractivity contribution in [1.82, 2.24) is 5.16 Å². The Morgan fingerprint density at radius 1 is 0.917 bits per heavy atom. The first kappa shape index (κ1) is 24.3. The highest BCUT2D eigenvalue weighted by Crippen LogP contribution is 2.45. The average molecular weight is 504 g/mol. The first-order valence-corrected chi connectivity index (χ1v) is 14.9. The molecule has 4 fully saturated rings. The third kappa shape index (κ3) is 4.78. The summed E-state index contributed by atoms with van der Waals surface area (Å²) in [5, 5.41) is 16.8. The van der Waals surface area contributed by atoms with E-state index in [1.807, 2.05) is 30.0 Å². The molecule has 2 bridgehead atoms. The maximum Gasteiger partial charge on any atom is 0.191 e. The van der Waals surface area contributed by atoms with Gasteiger partial charge in [0.25, 0.3) is 0 Å². The fraction of sp³-hybridized carbons (Fsp3) is 0.516. The summed E-state index contributed by atoms with van der Waals surface area (Å²) in [6, 6.07) is 23.1. The van der Waals surface area contributed by atoms with Crippen LogP contribution < -0.4 is 0 Å². The highest BCUT2D eigenvalue weighted by Gasteiger charge is 2.47. The summed E-state index contributed by atoms with van der Waals surface area (Å²) in [5.41, 5.74) is 0.574. The number of benzene rings is 2. The predicted molar refractivity (Wildman–Crippen MR) is 144 cm³/mol. The summed E-state index contributed by atoms with van der Waals surface area (Å²) < 4.78 is 7.11. The minimum atomic E-state index is -1.08. The van der Waals surface area contributed by atoms with Gasteiger partial charge in [-0.1, -0.05) is 73.0 Å². The van der Waals surface area contributed by atoms with E-state index >= 15 is 0 Å². The number of aliphatic hydroxyl groups is 1. The van der Waals surface area contributed by atoms with Crippen molar-refractivity contribution in [2.45, 2.75) is 62.0 Å². The number of fused-ring (bicyclic) bond motifs is 3. The van der Waals surface area contributed by atoms with Crippen LogP contribution in [0, 0.1) is 17.8 Å². The molecule has 4 heterocycles. The Bertz CT molecular complexity index is 1120. The predicted octanol–water partition coefficient (Wildman–Crippen LogP) is 6.64. The van der Waals surface area contributed by atoms with Crippen LogP contribution in [-0.4, -0.2) is 40.1 Å². The van der Waals surface area contributed by atoms with Gasteiger partial charge in [-0.05, 0) is 42.4 Å². The van der Waals surface area contributed by atoms with Crippen molar-refractivity contribution in [1.29, 1.82) is 0 Å². The van der Waals surface area contributed by atoms with Gasteiger partial charge < -0.3 is 14.1 Å². The van der Waals surface area contributed by atoms with Crippen LogP contribution in [-0.2, 0) is 12.1 Å². The van der Waals surface area contributed by atoms with E-state index in [1.54, 1.807) is 0 Å². The van der Waals surface area contributed by atoms with E-state index in [9.17, 15) is 5.11 Å². The van der Waals surface area contributed by atoms with Gasteiger partial charge in [0.05, 0.1) is 19.6 Å². The van der Waals surface area contributed by atoms with E-state index in [2.05, 4.69) is 53.7 Å². The summed E-state index contributed by atoms with van der Waals surface area (Å²) in [6.07, 6.45) is 8.32. The van der Waals surface area contributed by atoms with Crippen LogP contribution in [0.15, 0.2) is 76.1 Å². The van der Waals surface area contributed by atoms with Gasteiger partial charge in [-0.3, -0.25) is 0 Å². The van der Waals surface area contributed by atoms with Gasteiger partial charge in [-0.2, -0.15) is 0 Å². The fourth-order valence-electron chi connectivity index (χ4n) is 7.27. The van der Waals surface area contributed by atoms with E-state index in [-0.39, 0.29) is 5.92 Å². The number of aromatic nitrogens is 1. The Morgan fingerprint density at radius 2 is 1.61 bits per heavy atom. The minimum absolute atomic E-state index is 0.184. The topological polar surface area (TPSA) is 46.3 Å². The molecule has 3 aliphatic heterocycles. The van der Waals surface area contributed by atoms with E-state index in [1.165, 1.54) is 62.4 Å². The first-order chi connectivity index (χ1) is 17.6. The molecule has 0 amide bonds. The van der Waals surface area contributed by atoms with Crippen molar-refractivity contribution in [3.05, 3.63) is 83.7 Å². The molecule has 0 radical (unpaired) electrons. The molecular weight excluding hydrogens is 464 g/mol. The Balaban J connectivity index is 1.20. The van der Waals surface area contributed by atoms with E-state index < -0.39 is 5.60 Å². The van der Waals surface area contributed by atoms with Gasteiger partial charge in [0.1, 0.15) is 17.8 Å². The maximum absolute atomic E-state index is 12.2. The van der Waals surface area contributed by atoms with Gasteiger partial charge in [0.2, 0.25) is 0 Å². The number of hydrogen-bond donors (Lipinski definition) is 1. The van der Waals surface area contributed by atoms with Crippen molar-refractivity contribution in [3.8, 4) is 0 Å². The first-order valence-electron chi connectivity index (χ1n) is 13.9. The summed E-state index contributed by atoms with van der Waals surface area (Å²) in [5.74, 6) is 3.93. The summed E-state index contributed by atoms with van der Waals surface area (Å²) >= 11 is 2.01. The maximum atomic E-state index is 12.2. The molecule has 3 aromatic rings. The summed E-state index contributed by atoms with van der Waals surface area (Å²) in [7, 11) is 0. The van der Waals surface area contributed by atoms with Crippen LogP contribution >= 0.6 is 11.8 Å². The molecule has 3 saturated heterocycles. The smallest absolute Gasteiger partial charge is 0.191 e. The van der Waals surface area contributed by atoms with E-state index in [0.717, 1.165) is 47.0 Å². The van der Waals surface area contributed by atoms with Crippen LogP contribution in [0.3, 0.4) is 0 Å². The van der Waals surface area contributed by atoms with Crippen molar-refractivity contribution in [2.75, 3.05) is 25.4 Å². The second-order valence-corrected chi connectivity index (χ2v) is 12.6. The third-order valence-corrected chi connectivity index (χ3v) is 10.5. The normalized spacial score (nSPS) is 28.1. The molecule has 1 unspecified atom stereocenters. The zero-order valence-corrected chi connectivity index (χ0v) is 22.0. The molecule has 1 aliphatic carbocycles. The van der Waals surface area contributed by atoms with Gasteiger partial charge in [0.15, 0.2) is 5.76 Å². The molecule has 5 heteroatoms. The highest BCUT2D eigenvalue weighted by molar-refractivity contribution is 7.99. The van der Waals surface area contributed by atoms with E-state index in [4.69, 9.17) is 4.52 Å². The quantitative estimate of drug-likeness (QED) is 0.276. The van der Waals surface area contributed by atoms with Crippen molar-refractivity contribution < 1.29 is 14.1 Å². The average Bonchev–Trinajstić information content (AvgIpc) is 3.42. The number of thioether (sulfide) groups is 1. The lowest BCUT2D eigenvalue weighted by molar-refractivity contribution is -0.959. The van der Waals surface area contributed by atoms with Crippen LogP contribution in [0.4, 0.5) is 0 Å². The monoisotopic (exact) mass is 503 g/mol. The van der Waals surface area contributed by atoms with Gasteiger partial charge >= 0.3 is 0 Å². The molecule has 1 saturated carbocycles. The molecule has 1 N–H and O–H groups in total. The highest BCUT2D eigenvalue weighted by atomic mass is 32.2. The van der Waals surface area contributed by atoms with Crippen molar-refractivity contribution >= 4 is 11.8 Å². The zero-order chi connectivity index (χ0) is 24.4. The SMILES string of the molecule is O[C@@](c1ccccc1)(c1cc(C[N+]23CCC(CC2)C(CSc2ccccc2)C3)on1)C1CCCCC1.